The van der Waals surface area contributed by atoms with Gasteiger partial charge in [0.05, 0.1) is 0 Å². The average Bonchev–Trinajstić information content (AvgIpc) is 3.18. The van der Waals surface area contributed by atoms with Crippen molar-refractivity contribution in [2.75, 3.05) is 16.4 Å². The van der Waals surface area contributed by atoms with Gasteiger partial charge in [0.25, 0.3) is 5.91 Å². The fourth-order valence-electron chi connectivity index (χ4n) is 1.58. The normalized spacial score (nSPS) is 10.5. The molecular weight excluding hydrogens is 352 g/mol. The van der Waals surface area contributed by atoms with Gasteiger partial charge in [0.15, 0.2) is 9.47 Å². The Bertz CT molecular complexity index is 788. The van der Waals surface area contributed by atoms with Gasteiger partial charge in [0.2, 0.25) is 5.13 Å². The predicted molar refractivity (Wildman–Crippen MR) is 93.9 cm³/mol. The summed E-state index contributed by atoms with van der Waals surface area (Å²) in [6.45, 7) is 2.04. The summed E-state index contributed by atoms with van der Waals surface area (Å²) in [5.74, 6) is 1.29. The van der Waals surface area contributed by atoms with Gasteiger partial charge in [-0.3, -0.25) is 10.1 Å². The molecule has 2 N–H and O–H groups in total. The monoisotopic (exact) mass is 364 g/mol. The van der Waals surface area contributed by atoms with Crippen molar-refractivity contribution < 1.29 is 4.79 Å². The van der Waals surface area contributed by atoms with Crippen molar-refractivity contribution >= 4 is 56.4 Å². The number of carbonyl (C=O) groups excluding carboxylic acids is 1. The first-order valence-corrected chi connectivity index (χ1v) is 9.34. The molecule has 0 radical (unpaired) electrons. The molecule has 23 heavy (non-hydrogen) atoms. The number of nitrogens with one attached hydrogen (secondary N) is 2. The van der Waals surface area contributed by atoms with E-state index in [2.05, 4.69) is 30.8 Å². The third-order valence-electron chi connectivity index (χ3n) is 2.53. The van der Waals surface area contributed by atoms with Crippen LogP contribution in [0.3, 0.4) is 0 Å². The van der Waals surface area contributed by atoms with Gasteiger partial charge in [-0.05, 0) is 17.9 Å². The summed E-state index contributed by atoms with van der Waals surface area (Å²) in [7, 11) is 0. The number of amides is 1. The number of thioether (sulfide) groups is 1. The summed E-state index contributed by atoms with van der Waals surface area (Å²) in [6.07, 6.45) is 1.69. The molecular formula is C13H12N6OS3. The number of hydrogen-bond donors (Lipinski definition) is 2. The molecule has 3 aromatic heterocycles. The Morgan fingerprint density at radius 3 is 3.00 bits per heavy atom. The number of nitrogens with zero attached hydrogens (tertiary/aromatic N) is 4. The SMILES string of the molecule is CCSc1nnc(NC(=O)c2csc(Nc3ccccn3)n2)s1. The summed E-state index contributed by atoms with van der Waals surface area (Å²) < 4.78 is 0.832. The van der Waals surface area contributed by atoms with E-state index in [-0.39, 0.29) is 5.91 Å². The Labute approximate surface area is 144 Å². The number of hydrogen-bond acceptors (Lipinski definition) is 9. The molecule has 0 aliphatic heterocycles. The van der Waals surface area contributed by atoms with E-state index >= 15 is 0 Å². The average molecular weight is 364 g/mol. The van der Waals surface area contributed by atoms with Gasteiger partial charge in [-0.15, -0.1) is 21.5 Å². The summed E-state index contributed by atoms with van der Waals surface area (Å²) in [5, 5.41) is 16.5. The second kappa shape index (κ2) is 7.49. The zero-order valence-corrected chi connectivity index (χ0v) is 14.5. The quantitative estimate of drug-likeness (QED) is 0.511. The second-order valence-corrected chi connectivity index (χ2v) is 7.48. The minimum Gasteiger partial charge on any atom is -0.316 e. The maximum absolute atomic E-state index is 12.2. The molecule has 3 aromatic rings. The Morgan fingerprint density at radius 1 is 1.30 bits per heavy atom. The fourth-order valence-corrected chi connectivity index (χ4v) is 3.93. The van der Waals surface area contributed by atoms with E-state index in [1.807, 2.05) is 25.1 Å². The maximum Gasteiger partial charge on any atom is 0.277 e. The van der Waals surface area contributed by atoms with Crippen LogP contribution < -0.4 is 10.6 Å². The van der Waals surface area contributed by atoms with E-state index in [1.165, 1.54) is 22.7 Å². The highest BCUT2D eigenvalue weighted by molar-refractivity contribution is 8.01. The molecule has 0 saturated heterocycles. The van der Waals surface area contributed by atoms with E-state index in [4.69, 9.17) is 0 Å². The molecule has 7 nitrogen and oxygen atoms in total. The van der Waals surface area contributed by atoms with Crippen molar-refractivity contribution in [2.45, 2.75) is 11.3 Å². The van der Waals surface area contributed by atoms with Crippen molar-refractivity contribution in [1.29, 1.82) is 0 Å². The highest BCUT2D eigenvalue weighted by Crippen LogP contribution is 2.26. The van der Waals surface area contributed by atoms with Crippen LogP contribution in [0.4, 0.5) is 16.1 Å². The third kappa shape index (κ3) is 4.24. The van der Waals surface area contributed by atoms with Crippen LogP contribution in [-0.2, 0) is 0 Å². The van der Waals surface area contributed by atoms with Crippen LogP contribution in [0.5, 0.6) is 0 Å². The van der Waals surface area contributed by atoms with E-state index in [0.717, 1.165) is 10.1 Å². The van der Waals surface area contributed by atoms with Crippen LogP contribution in [-0.4, -0.2) is 31.8 Å². The minimum atomic E-state index is -0.306. The molecule has 0 bridgehead atoms. The fraction of sp³-hybridized carbons (Fsp3) is 0.154. The highest BCUT2D eigenvalue weighted by Gasteiger charge is 2.14. The second-order valence-electron chi connectivity index (χ2n) is 4.14. The molecule has 3 rings (SSSR count). The number of pyridine rings is 1. The lowest BCUT2D eigenvalue weighted by Gasteiger charge is -1.99. The summed E-state index contributed by atoms with van der Waals surface area (Å²) in [5.41, 5.74) is 0.327. The Hall–Kier alpha value is -2.04. The molecule has 0 unspecified atom stereocenters. The molecule has 0 aliphatic carbocycles. The number of anilines is 3. The number of carbonyl (C=O) groups is 1. The summed E-state index contributed by atoms with van der Waals surface area (Å²) in [6, 6.07) is 5.53. The van der Waals surface area contributed by atoms with E-state index in [9.17, 15) is 4.79 Å². The van der Waals surface area contributed by atoms with Gasteiger partial charge in [-0.1, -0.05) is 36.1 Å². The lowest BCUT2D eigenvalue weighted by molar-refractivity contribution is 0.102. The van der Waals surface area contributed by atoms with Gasteiger partial charge in [0.1, 0.15) is 11.5 Å². The molecule has 0 aromatic carbocycles. The van der Waals surface area contributed by atoms with E-state index in [0.29, 0.717) is 21.8 Å². The molecule has 0 atom stereocenters. The van der Waals surface area contributed by atoms with Crippen molar-refractivity contribution in [3.05, 3.63) is 35.5 Å². The van der Waals surface area contributed by atoms with Crippen LogP contribution in [0.25, 0.3) is 0 Å². The molecule has 0 spiro atoms. The van der Waals surface area contributed by atoms with Gasteiger partial charge < -0.3 is 5.32 Å². The molecule has 3 heterocycles. The zero-order chi connectivity index (χ0) is 16.1. The van der Waals surface area contributed by atoms with Gasteiger partial charge in [-0.2, -0.15) is 0 Å². The molecule has 0 saturated carbocycles. The first-order valence-electron chi connectivity index (χ1n) is 6.66. The Balaban J connectivity index is 1.63. The molecule has 118 valence electrons. The first kappa shape index (κ1) is 15.8. The Kier molecular flexibility index (Phi) is 5.16. The molecule has 0 aliphatic rings. The first-order chi connectivity index (χ1) is 11.2. The van der Waals surface area contributed by atoms with Crippen LogP contribution in [0, 0.1) is 0 Å². The molecule has 0 fully saturated rings. The third-order valence-corrected chi connectivity index (χ3v) is 5.14. The number of aromatic nitrogens is 4. The summed E-state index contributed by atoms with van der Waals surface area (Å²) in [4.78, 5) is 20.6. The smallest absolute Gasteiger partial charge is 0.277 e. The van der Waals surface area contributed by atoms with E-state index < -0.39 is 0 Å². The maximum atomic E-state index is 12.2. The lowest BCUT2D eigenvalue weighted by atomic mass is 10.4. The molecule has 1 amide bonds. The minimum absolute atomic E-state index is 0.306. The zero-order valence-electron chi connectivity index (χ0n) is 12.0. The standard InChI is InChI=1S/C13H12N6OS3/c1-2-21-13-19-18-12(23-13)17-10(20)8-7-22-11(15-8)16-9-5-3-4-6-14-9/h3-7H,2H2,1H3,(H,14,15,16)(H,17,18,20). The van der Waals surface area contributed by atoms with Crippen LogP contribution in [0.15, 0.2) is 34.1 Å². The number of rotatable bonds is 6. The van der Waals surface area contributed by atoms with E-state index in [1.54, 1.807) is 23.3 Å². The van der Waals surface area contributed by atoms with Gasteiger partial charge in [-0.25, -0.2) is 9.97 Å². The summed E-state index contributed by atoms with van der Waals surface area (Å²) >= 11 is 4.27. The lowest BCUT2D eigenvalue weighted by Crippen LogP contribution is -2.12. The largest absolute Gasteiger partial charge is 0.316 e. The van der Waals surface area contributed by atoms with Crippen molar-refractivity contribution in [1.82, 2.24) is 20.2 Å². The van der Waals surface area contributed by atoms with Crippen molar-refractivity contribution in [3.8, 4) is 0 Å². The van der Waals surface area contributed by atoms with Crippen LogP contribution in [0.2, 0.25) is 0 Å². The van der Waals surface area contributed by atoms with Gasteiger partial charge >= 0.3 is 0 Å². The highest BCUT2D eigenvalue weighted by atomic mass is 32.2. The number of thiazole rings is 1. The predicted octanol–water partition coefficient (Wildman–Crippen LogP) is 3.50. The topological polar surface area (TPSA) is 92.7 Å². The van der Waals surface area contributed by atoms with Crippen molar-refractivity contribution in [3.63, 3.8) is 0 Å². The Morgan fingerprint density at radius 2 is 2.22 bits per heavy atom. The van der Waals surface area contributed by atoms with Crippen molar-refractivity contribution in [2.24, 2.45) is 0 Å². The van der Waals surface area contributed by atoms with Crippen LogP contribution in [0.1, 0.15) is 17.4 Å². The molecule has 10 heteroatoms. The van der Waals surface area contributed by atoms with Crippen LogP contribution >= 0.6 is 34.4 Å². The van der Waals surface area contributed by atoms with Gasteiger partial charge in [0, 0.05) is 11.6 Å².